The molecule has 1 aromatic heterocycles. The van der Waals surface area contributed by atoms with Gasteiger partial charge in [-0.15, -0.1) is 10.2 Å². The summed E-state index contributed by atoms with van der Waals surface area (Å²) in [6.07, 6.45) is 0. The summed E-state index contributed by atoms with van der Waals surface area (Å²) >= 11 is 4.55. The Morgan fingerprint density at radius 3 is 2.68 bits per heavy atom. The Kier molecular flexibility index (Phi) is 6.47. The van der Waals surface area contributed by atoms with Crippen LogP contribution in [0.25, 0.3) is 0 Å². The number of nitrogens with one attached hydrogen (secondary N) is 1. The summed E-state index contributed by atoms with van der Waals surface area (Å²) in [5.41, 5.74) is 0.567. The summed E-state index contributed by atoms with van der Waals surface area (Å²) < 4.78 is 31.4. The summed E-state index contributed by atoms with van der Waals surface area (Å²) in [4.78, 5) is 12.4. The molecule has 0 unspecified atom stereocenters. The number of hydrogen-bond donors (Lipinski definition) is 2. The number of carbonyl (C=O) groups excluding carboxylic acids is 1. The number of nitrogen functional groups attached to an aromatic ring is 1. The van der Waals surface area contributed by atoms with Crippen molar-refractivity contribution in [1.29, 1.82) is 0 Å². The van der Waals surface area contributed by atoms with Crippen LogP contribution in [0, 0.1) is 5.82 Å². The van der Waals surface area contributed by atoms with Crippen LogP contribution in [0.1, 0.15) is 5.82 Å². The predicted molar refractivity (Wildman–Crippen MR) is 115 cm³/mol. The molecule has 0 bridgehead atoms. The highest BCUT2D eigenvalue weighted by molar-refractivity contribution is 9.10. The fourth-order valence-electron chi connectivity index (χ4n) is 2.66. The number of fused-ring (bicyclic) bond motifs is 1. The van der Waals surface area contributed by atoms with Gasteiger partial charge in [-0.05, 0) is 40.2 Å². The maximum absolute atomic E-state index is 12.9. The minimum atomic E-state index is -0.352. The molecule has 0 atom stereocenters. The van der Waals surface area contributed by atoms with Crippen molar-refractivity contribution in [3.8, 4) is 17.2 Å². The van der Waals surface area contributed by atoms with Crippen molar-refractivity contribution in [3.63, 3.8) is 0 Å². The maximum atomic E-state index is 12.9. The zero-order chi connectivity index (χ0) is 21.8. The van der Waals surface area contributed by atoms with Crippen LogP contribution in [0.4, 0.5) is 10.1 Å². The molecule has 31 heavy (non-hydrogen) atoms. The monoisotopic (exact) mass is 509 g/mol. The lowest BCUT2D eigenvalue weighted by Crippen LogP contribution is -2.19. The topological polar surface area (TPSA) is 114 Å². The number of nitrogens with zero attached hydrogens (tertiary/aromatic N) is 3. The van der Waals surface area contributed by atoms with Crippen molar-refractivity contribution in [2.75, 3.05) is 30.1 Å². The van der Waals surface area contributed by atoms with Crippen molar-refractivity contribution >= 4 is 39.3 Å². The second-order valence-electron chi connectivity index (χ2n) is 6.32. The lowest BCUT2D eigenvalue weighted by Gasteiger charge is -2.20. The van der Waals surface area contributed by atoms with Crippen molar-refractivity contribution in [2.24, 2.45) is 0 Å². The van der Waals surface area contributed by atoms with Crippen molar-refractivity contribution < 1.29 is 23.4 Å². The number of nitrogens with two attached hydrogens (primary N) is 1. The summed E-state index contributed by atoms with van der Waals surface area (Å²) in [7, 11) is 0. The first-order valence-corrected chi connectivity index (χ1v) is 10.9. The van der Waals surface area contributed by atoms with Gasteiger partial charge in [0.1, 0.15) is 31.4 Å². The summed E-state index contributed by atoms with van der Waals surface area (Å²) in [5.74, 6) is 7.48. The van der Waals surface area contributed by atoms with Gasteiger partial charge in [-0.3, -0.25) is 4.79 Å². The molecule has 0 saturated heterocycles. The molecule has 2 heterocycles. The average Bonchev–Trinajstić information content (AvgIpc) is 3.12. The second-order valence-corrected chi connectivity index (χ2v) is 8.12. The standard InChI is InChI=1S/C19H17BrFN5O4S/c20-13-7-15-16(29-6-5-28-15)8-14(13)23-18(27)10-31-19-25-24-17(26(19)22)9-30-12-3-1-11(21)2-4-12/h1-4,7-8H,5-6,9-10,22H2,(H,23,27). The zero-order valence-electron chi connectivity index (χ0n) is 16.0. The number of aromatic nitrogens is 3. The first-order valence-electron chi connectivity index (χ1n) is 9.09. The van der Waals surface area contributed by atoms with Gasteiger partial charge in [0.2, 0.25) is 11.1 Å². The molecule has 3 N–H and O–H groups in total. The molecule has 0 saturated carbocycles. The van der Waals surface area contributed by atoms with E-state index >= 15 is 0 Å². The first kappa shape index (κ1) is 21.2. The van der Waals surface area contributed by atoms with Gasteiger partial charge in [-0.2, -0.15) is 0 Å². The molecule has 1 aliphatic heterocycles. The van der Waals surface area contributed by atoms with Gasteiger partial charge in [0, 0.05) is 16.6 Å². The van der Waals surface area contributed by atoms with Crippen LogP contribution in [0.2, 0.25) is 0 Å². The molecule has 0 fully saturated rings. The number of anilines is 1. The Bertz CT molecular complexity index is 1100. The summed E-state index contributed by atoms with van der Waals surface area (Å²) in [6.45, 7) is 0.988. The molecule has 162 valence electrons. The van der Waals surface area contributed by atoms with Crippen LogP contribution in [-0.2, 0) is 11.4 Å². The largest absolute Gasteiger partial charge is 0.486 e. The van der Waals surface area contributed by atoms with Crippen LogP contribution in [0.3, 0.4) is 0 Å². The number of benzene rings is 2. The molecule has 0 spiro atoms. The third kappa shape index (κ3) is 5.20. The average molecular weight is 510 g/mol. The molecule has 4 rings (SSSR count). The molecular formula is C19H17BrFN5O4S. The number of thioether (sulfide) groups is 1. The third-order valence-electron chi connectivity index (χ3n) is 4.16. The van der Waals surface area contributed by atoms with E-state index in [-0.39, 0.29) is 24.1 Å². The van der Waals surface area contributed by atoms with Crippen LogP contribution >= 0.6 is 27.7 Å². The molecule has 0 aliphatic carbocycles. The normalized spacial score (nSPS) is 12.5. The lowest BCUT2D eigenvalue weighted by molar-refractivity contribution is -0.113. The van der Waals surface area contributed by atoms with Gasteiger partial charge < -0.3 is 25.4 Å². The van der Waals surface area contributed by atoms with Gasteiger partial charge in [-0.1, -0.05) is 11.8 Å². The first-order chi connectivity index (χ1) is 15.0. The van der Waals surface area contributed by atoms with Crippen molar-refractivity contribution in [2.45, 2.75) is 11.8 Å². The van der Waals surface area contributed by atoms with E-state index in [9.17, 15) is 9.18 Å². The number of rotatable bonds is 7. The fourth-order valence-corrected chi connectivity index (χ4v) is 3.76. The Morgan fingerprint density at radius 2 is 1.94 bits per heavy atom. The minimum Gasteiger partial charge on any atom is -0.486 e. The number of amides is 1. The van der Waals surface area contributed by atoms with E-state index in [0.717, 1.165) is 11.8 Å². The van der Waals surface area contributed by atoms with Crippen LogP contribution in [0.5, 0.6) is 17.2 Å². The van der Waals surface area contributed by atoms with E-state index in [1.165, 1.54) is 28.9 Å². The van der Waals surface area contributed by atoms with E-state index in [1.807, 2.05) is 0 Å². The van der Waals surface area contributed by atoms with Gasteiger partial charge in [0.25, 0.3) is 0 Å². The number of hydrogen-bond acceptors (Lipinski definition) is 8. The van der Waals surface area contributed by atoms with E-state index in [1.54, 1.807) is 12.1 Å². The quantitative estimate of drug-likeness (QED) is 0.369. The second kappa shape index (κ2) is 9.43. The maximum Gasteiger partial charge on any atom is 0.234 e. The van der Waals surface area contributed by atoms with Gasteiger partial charge in [-0.25, -0.2) is 9.07 Å². The van der Waals surface area contributed by atoms with Crippen molar-refractivity contribution in [1.82, 2.24) is 14.9 Å². The molecule has 9 nitrogen and oxygen atoms in total. The predicted octanol–water partition coefficient (Wildman–Crippen LogP) is 2.97. The van der Waals surface area contributed by atoms with Crippen LogP contribution in [0.15, 0.2) is 46.0 Å². The molecule has 1 aliphatic rings. The van der Waals surface area contributed by atoms with Crippen LogP contribution in [-0.4, -0.2) is 39.7 Å². The smallest absolute Gasteiger partial charge is 0.234 e. The van der Waals surface area contributed by atoms with Crippen LogP contribution < -0.4 is 25.4 Å². The Balaban J connectivity index is 1.32. The minimum absolute atomic E-state index is 0.0477. The molecule has 1 amide bonds. The van der Waals surface area contributed by atoms with E-state index in [0.29, 0.717) is 51.6 Å². The molecule has 2 aromatic carbocycles. The highest BCUT2D eigenvalue weighted by atomic mass is 79.9. The Labute approximate surface area is 189 Å². The van der Waals surface area contributed by atoms with Gasteiger partial charge in [0.05, 0.1) is 11.4 Å². The SMILES string of the molecule is Nn1c(COc2ccc(F)cc2)nnc1SCC(=O)Nc1cc2c(cc1Br)OCCO2. The molecular weight excluding hydrogens is 493 g/mol. The lowest BCUT2D eigenvalue weighted by atomic mass is 10.2. The van der Waals surface area contributed by atoms with E-state index in [2.05, 4.69) is 31.4 Å². The summed E-state index contributed by atoms with van der Waals surface area (Å²) in [6, 6.07) is 9.05. The number of carbonyl (C=O) groups is 1. The number of halogens is 2. The van der Waals surface area contributed by atoms with E-state index in [4.69, 9.17) is 20.1 Å². The number of ether oxygens (including phenoxy) is 3. The Morgan fingerprint density at radius 1 is 1.23 bits per heavy atom. The van der Waals surface area contributed by atoms with Crippen molar-refractivity contribution in [3.05, 3.63) is 52.5 Å². The zero-order valence-corrected chi connectivity index (χ0v) is 18.4. The summed E-state index contributed by atoms with van der Waals surface area (Å²) in [5, 5.41) is 11.1. The Hall–Kier alpha value is -2.99. The highest BCUT2D eigenvalue weighted by Crippen LogP contribution is 2.38. The molecule has 0 radical (unpaired) electrons. The third-order valence-corrected chi connectivity index (χ3v) is 5.75. The van der Waals surface area contributed by atoms with Gasteiger partial charge >= 0.3 is 0 Å². The van der Waals surface area contributed by atoms with E-state index < -0.39 is 0 Å². The highest BCUT2D eigenvalue weighted by Gasteiger charge is 2.17. The fraction of sp³-hybridized carbons (Fsp3) is 0.211. The molecule has 3 aromatic rings. The van der Waals surface area contributed by atoms with Gasteiger partial charge in [0.15, 0.2) is 17.3 Å². The molecule has 12 heteroatoms.